The lowest BCUT2D eigenvalue weighted by molar-refractivity contribution is -0.123. The van der Waals surface area contributed by atoms with Gasteiger partial charge in [-0.1, -0.05) is 45.9 Å². The highest BCUT2D eigenvalue weighted by Gasteiger charge is 2.21. The predicted octanol–water partition coefficient (Wildman–Crippen LogP) is 5.17. The molecule has 0 aliphatic carbocycles. The van der Waals surface area contributed by atoms with Crippen LogP contribution in [0.5, 0.6) is 0 Å². The maximum atomic E-state index is 12.0. The monoisotopic (exact) mass is 322 g/mol. The van der Waals surface area contributed by atoms with Gasteiger partial charge in [0.15, 0.2) is 4.34 Å². The number of amides is 1. The van der Waals surface area contributed by atoms with Gasteiger partial charge in [0.1, 0.15) is 0 Å². The molecule has 114 valence electrons. The Morgan fingerprint density at radius 3 is 2.81 bits per heavy atom. The Bertz CT molecular complexity index is 629. The standard InChI is InChI=1S/C16H22N2OS2/c1-5-6-9-20-15-18-12-8-7-11(10-13(12)21-15)17-14(19)16(2,3)4/h7-8,10H,5-6,9H2,1-4H3,(H,17,19). The van der Waals surface area contributed by atoms with Crippen LogP contribution in [0.4, 0.5) is 5.69 Å². The molecule has 1 N–H and O–H groups in total. The van der Waals surface area contributed by atoms with Crippen molar-refractivity contribution < 1.29 is 4.79 Å². The highest BCUT2D eigenvalue weighted by molar-refractivity contribution is 8.01. The maximum Gasteiger partial charge on any atom is 0.229 e. The van der Waals surface area contributed by atoms with Crippen molar-refractivity contribution in [3.63, 3.8) is 0 Å². The molecule has 2 rings (SSSR count). The molecule has 0 saturated heterocycles. The summed E-state index contributed by atoms with van der Waals surface area (Å²) in [6, 6.07) is 5.92. The van der Waals surface area contributed by atoms with Gasteiger partial charge in [0, 0.05) is 16.9 Å². The lowest BCUT2D eigenvalue weighted by Crippen LogP contribution is -2.27. The van der Waals surface area contributed by atoms with Crippen LogP contribution in [0.25, 0.3) is 10.2 Å². The van der Waals surface area contributed by atoms with Gasteiger partial charge in [0.2, 0.25) is 5.91 Å². The quantitative estimate of drug-likeness (QED) is 0.609. The van der Waals surface area contributed by atoms with E-state index in [2.05, 4.69) is 17.2 Å². The molecule has 3 nitrogen and oxygen atoms in total. The van der Waals surface area contributed by atoms with Gasteiger partial charge in [0.05, 0.1) is 10.2 Å². The zero-order chi connectivity index (χ0) is 15.5. The van der Waals surface area contributed by atoms with E-state index in [1.165, 1.54) is 12.8 Å². The number of aromatic nitrogens is 1. The molecule has 1 heterocycles. The number of carbonyl (C=O) groups is 1. The molecule has 0 unspecified atom stereocenters. The van der Waals surface area contributed by atoms with E-state index >= 15 is 0 Å². The molecule has 1 aromatic heterocycles. The number of hydrogen-bond acceptors (Lipinski definition) is 4. The molecule has 0 atom stereocenters. The summed E-state index contributed by atoms with van der Waals surface area (Å²) in [6.45, 7) is 7.94. The van der Waals surface area contributed by atoms with Crippen LogP contribution in [0.15, 0.2) is 22.5 Å². The average Bonchev–Trinajstić information content (AvgIpc) is 2.80. The number of unbranched alkanes of at least 4 members (excludes halogenated alkanes) is 1. The second-order valence-electron chi connectivity index (χ2n) is 6.07. The molecule has 0 aliphatic heterocycles. The lowest BCUT2D eigenvalue weighted by Gasteiger charge is -2.17. The van der Waals surface area contributed by atoms with Crippen molar-refractivity contribution in [2.75, 3.05) is 11.1 Å². The number of carbonyl (C=O) groups excluding carboxylic acids is 1. The number of hydrogen-bond donors (Lipinski definition) is 1. The van der Waals surface area contributed by atoms with E-state index in [1.54, 1.807) is 11.3 Å². The van der Waals surface area contributed by atoms with Gasteiger partial charge in [0.25, 0.3) is 0 Å². The van der Waals surface area contributed by atoms with Gasteiger partial charge in [-0.2, -0.15) is 0 Å². The predicted molar refractivity (Wildman–Crippen MR) is 93.3 cm³/mol. The summed E-state index contributed by atoms with van der Waals surface area (Å²) in [4.78, 5) is 16.6. The van der Waals surface area contributed by atoms with E-state index in [9.17, 15) is 4.79 Å². The van der Waals surface area contributed by atoms with E-state index in [1.807, 2.05) is 50.7 Å². The molecule has 0 saturated carbocycles. The first kappa shape index (κ1) is 16.3. The van der Waals surface area contributed by atoms with Gasteiger partial charge in [-0.05, 0) is 24.6 Å². The van der Waals surface area contributed by atoms with Crippen molar-refractivity contribution in [1.82, 2.24) is 4.98 Å². The Morgan fingerprint density at radius 1 is 1.38 bits per heavy atom. The molecule has 2 aromatic rings. The number of anilines is 1. The molecule has 0 aliphatic rings. The third-order valence-corrected chi connectivity index (χ3v) is 5.28. The van der Waals surface area contributed by atoms with Gasteiger partial charge >= 0.3 is 0 Å². The summed E-state index contributed by atoms with van der Waals surface area (Å²) in [7, 11) is 0. The largest absolute Gasteiger partial charge is 0.326 e. The number of nitrogens with zero attached hydrogens (tertiary/aromatic N) is 1. The number of nitrogens with one attached hydrogen (secondary N) is 1. The topological polar surface area (TPSA) is 42.0 Å². The minimum absolute atomic E-state index is 0.0314. The van der Waals surface area contributed by atoms with Crippen LogP contribution in [-0.4, -0.2) is 16.6 Å². The lowest BCUT2D eigenvalue weighted by atomic mass is 9.95. The first-order chi connectivity index (χ1) is 9.90. The number of thiazole rings is 1. The SMILES string of the molecule is CCCCSc1nc2ccc(NC(=O)C(C)(C)C)cc2s1. The van der Waals surface area contributed by atoms with E-state index in [-0.39, 0.29) is 11.3 Å². The first-order valence-corrected chi connectivity index (χ1v) is 9.05. The van der Waals surface area contributed by atoms with Crippen LogP contribution in [0.2, 0.25) is 0 Å². The number of thioether (sulfide) groups is 1. The zero-order valence-electron chi connectivity index (χ0n) is 13.0. The van der Waals surface area contributed by atoms with Crippen LogP contribution in [0.1, 0.15) is 40.5 Å². The smallest absolute Gasteiger partial charge is 0.229 e. The highest BCUT2D eigenvalue weighted by Crippen LogP contribution is 2.32. The van der Waals surface area contributed by atoms with Crippen LogP contribution >= 0.6 is 23.1 Å². The second-order valence-corrected chi connectivity index (χ2v) is 8.44. The average molecular weight is 322 g/mol. The molecule has 0 bridgehead atoms. The fourth-order valence-corrected chi connectivity index (χ4v) is 3.93. The molecular formula is C16H22N2OS2. The minimum Gasteiger partial charge on any atom is -0.326 e. The van der Waals surface area contributed by atoms with Gasteiger partial charge in [-0.15, -0.1) is 11.3 Å². The molecule has 5 heteroatoms. The van der Waals surface area contributed by atoms with Crippen molar-refractivity contribution in [2.45, 2.75) is 44.9 Å². The summed E-state index contributed by atoms with van der Waals surface area (Å²) in [5, 5.41) is 2.97. The summed E-state index contributed by atoms with van der Waals surface area (Å²) < 4.78 is 2.23. The van der Waals surface area contributed by atoms with Crippen molar-refractivity contribution in [3.8, 4) is 0 Å². The van der Waals surface area contributed by atoms with Gasteiger partial charge in [-0.25, -0.2) is 4.98 Å². The van der Waals surface area contributed by atoms with Crippen molar-refractivity contribution in [3.05, 3.63) is 18.2 Å². The summed E-state index contributed by atoms with van der Waals surface area (Å²) in [5.41, 5.74) is 1.47. The minimum atomic E-state index is -0.385. The Balaban J connectivity index is 2.12. The third-order valence-electron chi connectivity index (χ3n) is 3.03. The molecule has 0 spiro atoms. The molecule has 1 amide bonds. The molecule has 0 radical (unpaired) electrons. The van der Waals surface area contributed by atoms with Gasteiger partial charge in [-0.3, -0.25) is 4.79 Å². The fourth-order valence-electron chi connectivity index (χ4n) is 1.67. The second kappa shape index (κ2) is 6.79. The zero-order valence-corrected chi connectivity index (χ0v) is 14.7. The van der Waals surface area contributed by atoms with E-state index in [0.717, 1.165) is 26.0 Å². The van der Waals surface area contributed by atoms with Crippen molar-refractivity contribution in [1.29, 1.82) is 0 Å². The normalized spacial score (nSPS) is 11.8. The van der Waals surface area contributed by atoms with Gasteiger partial charge < -0.3 is 5.32 Å². The van der Waals surface area contributed by atoms with E-state index < -0.39 is 0 Å². The highest BCUT2D eigenvalue weighted by atomic mass is 32.2. The summed E-state index contributed by atoms with van der Waals surface area (Å²) in [5.74, 6) is 1.15. The van der Waals surface area contributed by atoms with Crippen molar-refractivity contribution >= 4 is 44.9 Å². The Morgan fingerprint density at radius 2 is 2.14 bits per heavy atom. The Hall–Kier alpha value is -1.07. The van der Waals surface area contributed by atoms with Crippen LogP contribution in [-0.2, 0) is 4.79 Å². The van der Waals surface area contributed by atoms with E-state index in [4.69, 9.17) is 0 Å². The first-order valence-electron chi connectivity index (χ1n) is 7.25. The fraction of sp³-hybridized carbons (Fsp3) is 0.500. The van der Waals surface area contributed by atoms with Crippen molar-refractivity contribution in [2.24, 2.45) is 5.41 Å². The summed E-state index contributed by atoms with van der Waals surface area (Å²) >= 11 is 3.51. The molecular weight excluding hydrogens is 300 g/mol. The number of rotatable bonds is 5. The van der Waals surface area contributed by atoms with E-state index in [0.29, 0.717) is 0 Å². The molecule has 1 aromatic carbocycles. The Kier molecular flexibility index (Phi) is 5.27. The molecule has 0 fully saturated rings. The van der Waals surface area contributed by atoms with Crippen LogP contribution in [0.3, 0.4) is 0 Å². The third kappa shape index (κ3) is 4.45. The number of fused-ring (bicyclic) bond motifs is 1. The Labute approximate surface area is 134 Å². The molecule has 21 heavy (non-hydrogen) atoms. The van der Waals surface area contributed by atoms with Crippen LogP contribution in [0, 0.1) is 5.41 Å². The summed E-state index contributed by atoms with van der Waals surface area (Å²) in [6.07, 6.45) is 2.42. The van der Waals surface area contributed by atoms with Crippen LogP contribution < -0.4 is 5.32 Å². The maximum absolute atomic E-state index is 12.0. The number of benzene rings is 1.